The number of phosphoric acid groups is 1. The number of nitrogens with one attached hydrogen (secondary N) is 1. The molecular weight excluding hydrogens is 272 g/mol. The molecule has 0 radical (unpaired) electrons. The first-order valence-corrected chi connectivity index (χ1v) is 6.10. The van der Waals surface area contributed by atoms with Crippen LogP contribution in [0.4, 0.5) is 5.69 Å². The number of carbonyl (C=O) groups excluding carboxylic acids is 1. The average molecular weight is 285 g/mol. The molecule has 3 N–H and O–H groups in total. The molecule has 0 atom stereocenters. The number of amides is 1. The summed E-state index contributed by atoms with van der Waals surface area (Å²) in [6, 6.07) is 6.26. The number of ether oxygens (including phenoxy) is 1. The molecule has 0 aliphatic rings. The van der Waals surface area contributed by atoms with E-state index >= 15 is 0 Å². The molecule has 1 amide bonds. The van der Waals surface area contributed by atoms with Gasteiger partial charge in [-0.3, -0.25) is 4.79 Å². The Morgan fingerprint density at radius 3 is 2.39 bits per heavy atom. The minimum Gasteiger partial charge on any atom is -1.00 e. The predicted octanol–water partition coefficient (Wildman–Crippen LogP) is -1.79. The molecular formula is C9H13NNaO6P. The summed E-state index contributed by atoms with van der Waals surface area (Å²) in [4.78, 5) is 27.5. The van der Waals surface area contributed by atoms with Gasteiger partial charge in [0.2, 0.25) is 5.91 Å². The molecule has 7 nitrogen and oxygen atoms in total. The number of carbonyl (C=O) groups is 1. The van der Waals surface area contributed by atoms with E-state index in [0.717, 1.165) is 0 Å². The smallest absolute Gasteiger partial charge is 1.00 e. The van der Waals surface area contributed by atoms with Gasteiger partial charge in [-0.1, -0.05) is 0 Å². The Labute approximate surface area is 128 Å². The molecule has 0 aromatic heterocycles. The zero-order valence-corrected chi connectivity index (χ0v) is 12.9. The summed E-state index contributed by atoms with van der Waals surface area (Å²) >= 11 is 0. The van der Waals surface area contributed by atoms with Crippen molar-refractivity contribution in [3.05, 3.63) is 24.3 Å². The van der Waals surface area contributed by atoms with Crippen molar-refractivity contribution in [2.24, 2.45) is 0 Å². The molecule has 0 aliphatic carbocycles. The van der Waals surface area contributed by atoms with E-state index in [1.165, 1.54) is 19.1 Å². The molecule has 0 saturated carbocycles. The maximum Gasteiger partial charge on any atom is 1.00 e. The molecule has 0 bridgehead atoms. The van der Waals surface area contributed by atoms with Gasteiger partial charge in [-0.25, -0.2) is 9.09 Å². The van der Waals surface area contributed by atoms with Gasteiger partial charge in [0.15, 0.2) is 6.79 Å². The monoisotopic (exact) mass is 285 g/mol. The summed E-state index contributed by atoms with van der Waals surface area (Å²) in [6.45, 7) is 0.835. The van der Waals surface area contributed by atoms with Crippen molar-refractivity contribution in [1.29, 1.82) is 0 Å². The number of rotatable bonds is 5. The molecule has 18 heavy (non-hydrogen) atoms. The second kappa shape index (κ2) is 7.91. The molecule has 0 fully saturated rings. The van der Waals surface area contributed by atoms with Crippen molar-refractivity contribution in [3.8, 4) is 5.75 Å². The van der Waals surface area contributed by atoms with Crippen LogP contribution in [-0.2, 0) is 13.9 Å². The second-order valence-electron chi connectivity index (χ2n) is 3.09. The van der Waals surface area contributed by atoms with E-state index in [4.69, 9.17) is 14.5 Å². The number of anilines is 1. The van der Waals surface area contributed by atoms with Gasteiger partial charge in [0.05, 0.1) is 0 Å². The van der Waals surface area contributed by atoms with Crippen LogP contribution in [0.1, 0.15) is 8.35 Å². The standard InChI is InChI=1S/C9H12NO6P.Na.H/c1-7(11)10-8-2-4-9(5-3-8)15-6-16-17(12,13)14;;/h2-5H,6H2,1H3,(H,10,11)(H2,12,13,14);;/q;+1;-1. The quantitative estimate of drug-likeness (QED) is 0.335. The molecule has 0 unspecified atom stereocenters. The van der Waals surface area contributed by atoms with Crippen LogP contribution < -0.4 is 39.6 Å². The van der Waals surface area contributed by atoms with E-state index in [9.17, 15) is 9.36 Å². The third kappa shape index (κ3) is 7.84. The fraction of sp³-hybridized carbons (Fsp3) is 0.222. The van der Waals surface area contributed by atoms with Gasteiger partial charge >= 0.3 is 37.4 Å². The molecule has 0 spiro atoms. The SMILES string of the molecule is CC(=O)Nc1ccc(OCOP(=O)(O)O)cc1.[H-].[Na+]. The van der Waals surface area contributed by atoms with Gasteiger partial charge in [-0.05, 0) is 24.3 Å². The largest absolute Gasteiger partial charge is 1.00 e. The van der Waals surface area contributed by atoms with Crippen LogP contribution in [0.15, 0.2) is 24.3 Å². The number of hydrogen-bond donors (Lipinski definition) is 3. The molecule has 0 aliphatic heterocycles. The first-order valence-electron chi connectivity index (χ1n) is 4.57. The van der Waals surface area contributed by atoms with Gasteiger partial charge in [0, 0.05) is 12.6 Å². The van der Waals surface area contributed by atoms with Crippen LogP contribution in [0.3, 0.4) is 0 Å². The van der Waals surface area contributed by atoms with Gasteiger partial charge < -0.3 is 21.3 Å². The minimum atomic E-state index is -4.51. The maximum atomic E-state index is 10.7. The zero-order valence-electron chi connectivity index (χ0n) is 11.0. The van der Waals surface area contributed by atoms with Gasteiger partial charge in [0.1, 0.15) is 5.75 Å². The molecule has 1 aromatic carbocycles. The summed E-state index contributed by atoms with van der Waals surface area (Å²) in [6.07, 6.45) is 0. The van der Waals surface area contributed by atoms with Crippen LogP contribution >= 0.6 is 7.82 Å². The second-order valence-corrected chi connectivity index (χ2v) is 4.33. The summed E-state index contributed by atoms with van der Waals surface area (Å²) in [7, 11) is -4.51. The van der Waals surface area contributed by atoms with Crippen molar-refractivity contribution in [3.63, 3.8) is 0 Å². The van der Waals surface area contributed by atoms with E-state index in [2.05, 4.69) is 9.84 Å². The zero-order chi connectivity index (χ0) is 12.9. The summed E-state index contributed by atoms with van der Waals surface area (Å²) in [5.74, 6) is 0.177. The molecule has 0 heterocycles. The first kappa shape index (κ1) is 17.6. The first-order chi connectivity index (χ1) is 7.87. The summed E-state index contributed by atoms with van der Waals surface area (Å²) < 4.78 is 19.4. The van der Waals surface area contributed by atoms with Crippen LogP contribution in [0, 0.1) is 0 Å². The van der Waals surface area contributed by atoms with Crippen LogP contribution in [0.25, 0.3) is 0 Å². The van der Waals surface area contributed by atoms with E-state index in [-0.39, 0.29) is 36.9 Å². The third-order valence-electron chi connectivity index (χ3n) is 1.62. The Morgan fingerprint density at radius 2 is 1.94 bits per heavy atom. The van der Waals surface area contributed by atoms with E-state index < -0.39 is 14.6 Å². The van der Waals surface area contributed by atoms with Gasteiger partial charge in [-0.2, -0.15) is 0 Å². The number of benzene rings is 1. The fourth-order valence-electron chi connectivity index (χ4n) is 1.00. The Hall–Kier alpha value is -0.400. The maximum absolute atomic E-state index is 10.7. The number of phosphoric ester groups is 1. The Bertz CT molecular complexity index is 437. The Kier molecular flexibility index (Phi) is 7.73. The van der Waals surface area contributed by atoms with Gasteiger partial charge in [-0.15, -0.1) is 0 Å². The van der Waals surface area contributed by atoms with Crippen LogP contribution in [0.2, 0.25) is 0 Å². The summed E-state index contributed by atoms with van der Waals surface area (Å²) in [5, 5.41) is 2.56. The Morgan fingerprint density at radius 1 is 1.39 bits per heavy atom. The molecule has 1 rings (SSSR count). The van der Waals surface area contributed by atoms with Crippen LogP contribution in [0.5, 0.6) is 5.75 Å². The third-order valence-corrected chi connectivity index (χ3v) is 2.06. The van der Waals surface area contributed by atoms with Gasteiger partial charge in [0.25, 0.3) is 0 Å². The summed E-state index contributed by atoms with van der Waals surface area (Å²) in [5.41, 5.74) is 0.598. The van der Waals surface area contributed by atoms with E-state index in [1.54, 1.807) is 12.1 Å². The number of hydrogen-bond acceptors (Lipinski definition) is 4. The molecule has 0 saturated heterocycles. The predicted molar refractivity (Wildman–Crippen MR) is 60.5 cm³/mol. The van der Waals surface area contributed by atoms with E-state index in [0.29, 0.717) is 11.4 Å². The molecule has 1 aromatic rings. The molecule has 96 valence electrons. The van der Waals surface area contributed by atoms with Crippen molar-refractivity contribution < 1.29 is 59.4 Å². The minimum absolute atomic E-state index is 0. The normalized spacial score (nSPS) is 10.4. The van der Waals surface area contributed by atoms with Crippen molar-refractivity contribution in [2.75, 3.05) is 12.1 Å². The Balaban J connectivity index is 0. The van der Waals surface area contributed by atoms with Crippen molar-refractivity contribution in [1.82, 2.24) is 0 Å². The topological polar surface area (TPSA) is 105 Å². The van der Waals surface area contributed by atoms with Crippen molar-refractivity contribution in [2.45, 2.75) is 6.92 Å². The van der Waals surface area contributed by atoms with Crippen LogP contribution in [-0.4, -0.2) is 22.5 Å². The fourth-order valence-corrected chi connectivity index (χ4v) is 1.19. The van der Waals surface area contributed by atoms with E-state index in [1.807, 2.05) is 0 Å². The van der Waals surface area contributed by atoms with Crippen molar-refractivity contribution >= 4 is 19.4 Å². The molecule has 9 heteroatoms. The average Bonchev–Trinajstić information content (AvgIpc) is 2.18.